The van der Waals surface area contributed by atoms with Gasteiger partial charge in [0.1, 0.15) is 0 Å². The SMILES string of the molecule is CC(CO)NS(=O)(=O)c1c(Br)nnn1C. The van der Waals surface area contributed by atoms with E-state index in [-0.39, 0.29) is 16.2 Å². The minimum atomic E-state index is -3.71. The van der Waals surface area contributed by atoms with E-state index in [4.69, 9.17) is 5.11 Å². The molecule has 0 saturated carbocycles. The zero-order valence-corrected chi connectivity index (χ0v) is 10.6. The summed E-state index contributed by atoms with van der Waals surface area (Å²) in [4.78, 5) is 0. The number of aromatic nitrogens is 3. The summed E-state index contributed by atoms with van der Waals surface area (Å²) in [5.74, 6) is 0. The van der Waals surface area contributed by atoms with Crippen LogP contribution in [0.25, 0.3) is 0 Å². The van der Waals surface area contributed by atoms with Crippen LogP contribution in [0.4, 0.5) is 0 Å². The average molecular weight is 299 g/mol. The van der Waals surface area contributed by atoms with Crippen LogP contribution in [0.3, 0.4) is 0 Å². The van der Waals surface area contributed by atoms with Gasteiger partial charge in [-0.05, 0) is 22.9 Å². The fraction of sp³-hybridized carbons (Fsp3) is 0.667. The highest BCUT2D eigenvalue weighted by atomic mass is 79.9. The normalized spacial score (nSPS) is 14.1. The van der Waals surface area contributed by atoms with Crippen molar-refractivity contribution in [3.8, 4) is 0 Å². The molecule has 86 valence electrons. The average Bonchev–Trinajstić information content (AvgIpc) is 2.45. The third-order valence-electron chi connectivity index (χ3n) is 1.62. The quantitative estimate of drug-likeness (QED) is 0.761. The Balaban J connectivity index is 3.07. The van der Waals surface area contributed by atoms with Gasteiger partial charge in [-0.15, -0.1) is 5.10 Å². The second-order valence-electron chi connectivity index (χ2n) is 3.01. The van der Waals surface area contributed by atoms with E-state index in [1.54, 1.807) is 6.92 Å². The minimum absolute atomic E-state index is 0.0669. The predicted molar refractivity (Wildman–Crippen MR) is 55.6 cm³/mol. The standard InChI is InChI=1S/C6H11BrN4O3S/c1-4(3-12)9-15(13,14)6-5(7)8-10-11(6)2/h4,9,12H,3H2,1-2H3. The lowest BCUT2D eigenvalue weighted by molar-refractivity contribution is 0.265. The van der Waals surface area contributed by atoms with Crippen LogP contribution in [0, 0.1) is 0 Å². The van der Waals surface area contributed by atoms with Crippen molar-refractivity contribution in [2.45, 2.75) is 18.0 Å². The molecule has 0 amide bonds. The Morgan fingerprint density at radius 2 is 2.27 bits per heavy atom. The van der Waals surface area contributed by atoms with Crippen LogP contribution < -0.4 is 4.72 Å². The Labute approximate surface area is 95.7 Å². The van der Waals surface area contributed by atoms with Gasteiger partial charge >= 0.3 is 0 Å². The lowest BCUT2D eigenvalue weighted by Gasteiger charge is -2.10. The Morgan fingerprint density at radius 3 is 2.67 bits per heavy atom. The Kier molecular flexibility index (Phi) is 3.82. The Hall–Kier alpha value is -0.510. The highest BCUT2D eigenvalue weighted by molar-refractivity contribution is 9.10. The number of aliphatic hydroxyl groups is 1. The molecule has 1 aromatic heterocycles. The van der Waals surface area contributed by atoms with Crippen molar-refractivity contribution in [3.63, 3.8) is 0 Å². The summed E-state index contributed by atoms with van der Waals surface area (Å²) in [7, 11) is -2.24. The summed E-state index contributed by atoms with van der Waals surface area (Å²) in [5, 5.41) is 15.8. The molecular weight excluding hydrogens is 288 g/mol. The largest absolute Gasteiger partial charge is 0.395 e. The van der Waals surface area contributed by atoms with Crippen LogP contribution in [0.1, 0.15) is 6.92 Å². The first-order valence-corrected chi connectivity index (χ1v) is 6.34. The van der Waals surface area contributed by atoms with Crippen molar-refractivity contribution in [2.75, 3.05) is 6.61 Å². The van der Waals surface area contributed by atoms with Gasteiger partial charge in [0.25, 0.3) is 10.0 Å². The summed E-state index contributed by atoms with van der Waals surface area (Å²) < 4.78 is 27.1. The van der Waals surface area contributed by atoms with Gasteiger partial charge in [-0.3, -0.25) is 0 Å². The third-order valence-corrected chi connectivity index (χ3v) is 4.10. The van der Waals surface area contributed by atoms with Gasteiger partial charge in [0.05, 0.1) is 6.61 Å². The van der Waals surface area contributed by atoms with Crippen LogP contribution in [-0.4, -0.2) is 41.2 Å². The summed E-state index contributed by atoms with van der Waals surface area (Å²) in [6, 6.07) is -0.559. The first kappa shape index (κ1) is 12.6. The zero-order chi connectivity index (χ0) is 11.6. The Bertz CT molecular complexity index is 424. The molecule has 0 aliphatic rings. The molecule has 9 heteroatoms. The number of hydrogen-bond acceptors (Lipinski definition) is 5. The van der Waals surface area contributed by atoms with Crippen molar-refractivity contribution in [2.24, 2.45) is 7.05 Å². The molecule has 0 aliphatic heterocycles. The van der Waals surface area contributed by atoms with Crippen molar-refractivity contribution < 1.29 is 13.5 Å². The second kappa shape index (κ2) is 4.56. The molecule has 2 N–H and O–H groups in total. The molecule has 0 aromatic carbocycles. The van der Waals surface area contributed by atoms with Crippen molar-refractivity contribution in [3.05, 3.63) is 4.60 Å². The fourth-order valence-electron chi connectivity index (χ4n) is 0.966. The number of aliphatic hydroxyl groups excluding tert-OH is 1. The summed E-state index contributed by atoms with van der Waals surface area (Å²) >= 11 is 2.99. The van der Waals surface area contributed by atoms with E-state index >= 15 is 0 Å². The molecule has 0 radical (unpaired) electrons. The maximum absolute atomic E-state index is 11.8. The molecule has 0 bridgehead atoms. The van der Waals surface area contributed by atoms with E-state index in [0.717, 1.165) is 4.68 Å². The van der Waals surface area contributed by atoms with Gasteiger partial charge < -0.3 is 5.11 Å². The lowest BCUT2D eigenvalue weighted by Crippen LogP contribution is -2.36. The number of sulfonamides is 1. The molecule has 1 unspecified atom stereocenters. The van der Waals surface area contributed by atoms with Crippen LogP contribution in [-0.2, 0) is 17.1 Å². The maximum atomic E-state index is 11.8. The molecule has 1 aromatic rings. The lowest BCUT2D eigenvalue weighted by atomic mass is 10.4. The van der Waals surface area contributed by atoms with Gasteiger partial charge in [-0.2, -0.15) is 0 Å². The number of halogens is 1. The molecule has 1 heterocycles. The van der Waals surface area contributed by atoms with Gasteiger partial charge in [-0.25, -0.2) is 17.8 Å². The molecule has 1 rings (SSSR count). The zero-order valence-electron chi connectivity index (χ0n) is 8.18. The van der Waals surface area contributed by atoms with Gasteiger partial charge in [0.2, 0.25) is 5.03 Å². The van der Waals surface area contributed by atoms with Crippen LogP contribution in [0.2, 0.25) is 0 Å². The van der Waals surface area contributed by atoms with Gasteiger partial charge in [0, 0.05) is 13.1 Å². The number of nitrogens with zero attached hydrogens (tertiary/aromatic N) is 3. The molecule has 0 saturated heterocycles. The monoisotopic (exact) mass is 298 g/mol. The van der Waals surface area contributed by atoms with Crippen molar-refractivity contribution >= 4 is 26.0 Å². The van der Waals surface area contributed by atoms with Crippen LogP contribution >= 0.6 is 15.9 Å². The van der Waals surface area contributed by atoms with Gasteiger partial charge in [0.15, 0.2) is 4.60 Å². The van der Waals surface area contributed by atoms with E-state index in [2.05, 4.69) is 31.0 Å². The minimum Gasteiger partial charge on any atom is -0.395 e. The van der Waals surface area contributed by atoms with Crippen LogP contribution in [0.15, 0.2) is 9.63 Å². The molecule has 15 heavy (non-hydrogen) atoms. The third kappa shape index (κ3) is 2.74. The highest BCUT2D eigenvalue weighted by Crippen LogP contribution is 2.17. The van der Waals surface area contributed by atoms with Crippen molar-refractivity contribution in [1.29, 1.82) is 0 Å². The predicted octanol–water partition coefficient (Wildman–Crippen LogP) is -0.763. The molecule has 0 spiro atoms. The molecule has 1 atom stereocenters. The molecule has 0 aliphatic carbocycles. The number of rotatable bonds is 4. The fourth-order valence-corrected chi connectivity index (χ4v) is 3.30. The van der Waals surface area contributed by atoms with E-state index in [1.165, 1.54) is 7.05 Å². The number of nitrogens with one attached hydrogen (secondary N) is 1. The molecule has 0 fully saturated rings. The van der Waals surface area contributed by atoms with E-state index in [1.807, 2.05) is 0 Å². The van der Waals surface area contributed by atoms with Crippen LogP contribution in [0.5, 0.6) is 0 Å². The van der Waals surface area contributed by atoms with E-state index < -0.39 is 16.1 Å². The first-order chi connectivity index (χ1) is 6.88. The van der Waals surface area contributed by atoms with Crippen molar-refractivity contribution in [1.82, 2.24) is 19.7 Å². The topological polar surface area (TPSA) is 97.1 Å². The summed E-state index contributed by atoms with van der Waals surface area (Å²) in [5.41, 5.74) is 0. The van der Waals surface area contributed by atoms with E-state index in [0.29, 0.717) is 0 Å². The highest BCUT2D eigenvalue weighted by Gasteiger charge is 2.25. The smallest absolute Gasteiger partial charge is 0.260 e. The number of hydrogen-bond donors (Lipinski definition) is 2. The summed E-state index contributed by atoms with van der Waals surface area (Å²) in [6.45, 7) is 1.28. The summed E-state index contributed by atoms with van der Waals surface area (Å²) in [6.07, 6.45) is 0. The maximum Gasteiger partial charge on any atom is 0.260 e. The molecule has 7 nitrogen and oxygen atoms in total. The Morgan fingerprint density at radius 1 is 1.67 bits per heavy atom. The number of aryl methyl sites for hydroxylation is 1. The molecular formula is C6H11BrN4O3S. The second-order valence-corrected chi connectivity index (χ2v) is 5.39. The van der Waals surface area contributed by atoms with Gasteiger partial charge in [-0.1, -0.05) is 5.21 Å². The van der Waals surface area contributed by atoms with E-state index in [9.17, 15) is 8.42 Å². The first-order valence-electron chi connectivity index (χ1n) is 4.07.